The van der Waals surface area contributed by atoms with Gasteiger partial charge in [0.05, 0.1) is 11.4 Å². The minimum absolute atomic E-state index is 0.456. The highest BCUT2D eigenvalue weighted by atomic mass is 14.7. The number of nitrogens with zero attached hydrogens (tertiary/aromatic N) is 1. The molecule has 90 valence electrons. The summed E-state index contributed by atoms with van der Waals surface area (Å²) in [5, 5.41) is 8.07. The van der Waals surface area contributed by atoms with Crippen LogP contribution in [0.5, 0.6) is 0 Å². The highest BCUT2D eigenvalue weighted by Crippen LogP contribution is 2.19. The van der Waals surface area contributed by atoms with E-state index in [2.05, 4.69) is 23.9 Å². The van der Waals surface area contributed by atoms with Crippen LogP contribution in [0.25, 0.3) is 0 Å². The van der Waals surface area contributed by atoms with Gasteiger partial charge in [0, 0.05) is 0 Å². The monoisotopic (exact) mass is 236 g/mol. The summed E-state index contributed by atoms with van der Waals surface area (Å²) in [4.78, 5) is 4.03. The van der Waals surface area contributed by atoms with E-state index in [-0.39, 0.29) is 0 Å². The Morgan fingerprint density at radius 3 is 2.61 bits per heavy atom. The van der Waals surface area contributed by atoms with Crippen molar-refractivity contribution in [1.29, 1.82) is 5.41 Å². The normalized spacial score (nSPS) is 15.1. The van der Waals surface area contributed by atoms with E-state index in [1.807, 2.05) is 36.4 Å². The fraction of sp³-hybridized carbons (Fsp3) is 0.125. The van der Waals surface area contributed by atoms with Crippen LogP contribution in [0.15, 0.2) is 70.9 Å². The van der Waals surface area contributed by atoms with Gasteiger partial charge in [-0.05, 0) is 36.8 Å². The Morgan fingerprint density at radius 1 is 1.22 bits per heavy atom. The molecule has 0 radical (unpaired) electrons. The highest BCUT2D eigenvalue weighted by Gasteiger charge is 2.05. The van der Waals surface area contributed by atoms with Gasteiger partial charge in [-0.2, -0.15) is 0 Å². The van der Waals surface area contributed by atoms with Crippen LogP contribution in [0.4, 0.5) is 0 Å². The topological polar surface area (TPSA) is 36.2 Å². The predicted molar refractivity (Wildman–Crippen MR) is 77.4 cm³/mol. The van der Waals surface area contributed by atoms with Crippen molar-refractivity contribution in [3.05, 3.63) is 71.5 Å². The molecule has 2 nitrogen and oxygen atoms in total. The van der Waals surface area contributed by atoms with Crippen molar-refractivity contribution in [1.82, 2.24) is 0 Å². The highest BCUT2D eigenvalue weighted by molar-refractivity contribution is 6.07. The van der Waals surface area contributed by atoms with Gasteiger partial charge in [-0.15, -0.1) is 0 Å². The molecule has 0 unspecified atom stereocenters. The summed E-state index contributed by atoms with van der Waals surface area (Å²) in [6.07, 6.45) is 10.2. The summed E-state index contributed by atoms with van der Waals surface area (Å²) >= 11 is 0. The van der Waals surface area contributed by atoms with E-state index in [0.29, 0.717) is 5.71 Å². The molecule has 0 atom stereocenters. The first-order valence-electron chi connectivity index (χ1n) is 6.01. The molecule has 0 spiro atoms. The van der Waals surface area contributed by atoms with Crippen LogP contribution in [0.2, 0.25) is 0 Å². The number of hydrogen-bond donors (Lipinski definition) is 1. The van der Waals surface area contributed by atoms with E-state index in [1.165, 1.54) is 0 Å². The molecule has 0 bridgehead atoms. The van der Waals surface area contributed by atoms with E-state index < -0.39 is 0 Å². The second-order valence-electron chi connectivity index (χ2n) is 4.11. The Labute approximate surface area is 108 Å². The molecule has 1 aromatic carbocycles. The summed E-state index contributed by atoms with van der Waals surface area (Å²) in [5.74, 6) is 0. The summed E-state index contributed by atoms with van der Waals surface area (Å²) in [6.45, 7) is 3.59. The molecular formula is C16H16N2. The molecule has 0 aromatic heterocycles. The van der Waals surface area contributed by atoms with Gasteiger partial charge in [-0.25, -0.2) is 0 Å². The SMILES string of the molecule is C=N/C(=C\C(=N)c1ccccc1)C1=CCCC=C1. The lowest BCUT2D eigenvalue weighted by atomic mass is 10.0. The third-order valence-corrected chi connectivity index (χ3v) is 2.83. The van der Waals surface area contributed by atoms with Crippen LogP contribution in [-0.4, -0.2) is 12.4 Å². The molecule has 0 saturated heterocycles. The van der Waals surface area contributed by atoms with Crippen molar-refractivity contribution in [3.63, 3.8) is 0 Å². The largest absolute Gasteiger partial charge is 0.300 e. The quantitative estimate of drug-likeness (QED) is 0.769. The smallest absolute Gasteiger partial charge is 0.0712 e. The second-order valence-corrected chi connectivity index (χ2v) is 4.11. The van der Waals surface area contributed by atoms with Crippen molar-refractivity contribution in [2.75, 3.05) is 0 Å². The maximum atomic E-state index is 8.07. The molecule has 2 heteroatoms. The third kappa shape index (κ3) is 2.92. The second kappa shape index (κ2) is 5.92. The van der Waals surface area contributed by atoms with Gasteiger partial charge >= 0.3 is 0 Å². The lowest BCUT2D eigenvalue weighted by molar-refractivity contribution is 1.02. The molecule has 18 heavy (non-hydrogen) atoms. The first-order chi connectivity index (χ1) is 8.81. The van der Waals surface area contributed by atoms with Crippen LogP contribution in [0.1, 0.15) is 18.4 Å². The Bertz CT molecular complexity index is 533. The van der Waals surface area contributed by atoms with Crippen LogP contribution in [0, 0.1) is 5.41 Å². The maximum absolute atomic E-state index is 8.07. The molecule has 0 saturated carbocycles. The zero-order chi connectivity index (χ0) is 12.8. The fourth-order valence-corrected chi connectivity index (χ4v) is 1.86. The Balaban J connectivity index is 2.25. The minimum atomic E-state index is 0.456. The van der Waals surface area contributed by atoms with Crippen LogP contribution < -0.4 is 0 Å². The zero-order valence-electron chi connectivity index (χ0n) is 10.3. The Kier molecular flexibility index (Phi) is 4.02. The number of nitrogens with one attached hydrogen (secondary N) is 1. The predicted octanol–water partition coefficient (Wildman–Crippen LogP) is 3.92. The molecule has 1 N–H and O–H groups in total. The average molecular weight is 236 g/mol. The summed E-state index contributed by atoms with van der Waals surface area (Å²) in [7, 11) is 0. The Hall–Kier alpha value is -2.22. The van der Waals surface area contributed by atoms with Crippen molar-refractivity contribution in [2.24, 2.45) is 4.99 Å². The van der Waals surface area contributed by atoms with Crippen molar-refractivity contribution in [3.8, 4) is 0 Å². The zero-order valence-corrected chi connectivity index (χ0v) is 10.3. The Morgan fingerprint density at radius 2 is 2.00 bits per heavy atom. The first kappa shape index (κ1) is 12.2. The van der Waals surface area contributed by atoms with E-state index in [0.717, 1.165) is 29.7 Å². The van der Waals surface area contributed by atoms with Crippen molar-refractivity contribution < 1.29 is 0 Å². The third-order valence-electron chi connectivity index (χ3n) is 2.83. The molecule has 0 amide bonds. The van der Waals surface area contributed by atoms with Gasteiger partial charge in [0.2, 0.25) is 0 Å². The van der Waals surface area contributed by atoms with Gasteiger partial charge in [-0.1, -0.05) is 48.6 Å². The lowest BCUT2D eigenvalue weighted by Crippen LogP contribution is -1.97. The van der Waals surface area contributed by atoms with Gasteiger partial charge in [-0.3, -0.25) is 4.99 Å². The minimum Gasteiger partial charge on any atom is -0.300 e. The van der Waals surface area contributed by atoms with Crippen molar-refractivity contribution in [2.45, 2.75) is 12.8 Å². The molecular weight excluding hydrogens is 220 g/mol. The van der Waals surface area contributed by atoms with Gasteiger partial charge < -0.3 is 5.41 Å². The summed E-state index contributed by atoms with van der Waals surface area (Å²) < 4.78 is 0. The first-order valence-corrected chi connectivity index (χ1v) is 6.01. The van der Waals surface area contributed by atoms with E-state index in [9.17, 15) is 0 Å². The molecule has 1 aliphatic rings. The number of allylic oxidation sites excluding steroid dienone is 4. The lowest BCUT2D eigenvalue weighted by Gasteiger charge is -2.07. The van der Waals surface area contributed by atoms with Gasteiger partial charge in [0.15, 0.2) is 0 Å². The molecule has 1 aromatic rings. The number of hydrogen-bond acceptors (Lipinski definition) is 2. The van der Waals surface area contributed by atoms with Gasteiger partial charge in [0.25, 0.3) is 0 Å². The average Bonchev–Trinajstić information content (AvgIpc) is 2.46. The number of rotatable bonds is 4. The van der Waals surface area contributed by atoms with Crippen LogP contribution >= 0.6 is 0 Å². The van der Waals surface area contributed by atoms with Crippen molar-refractivity contribution >= 4 is 12.4 Å². The van der Waals surface area contributed by atoms with Gasteiger partial charge in [0.1, 0.15) is 0 Å². The van der Waals surface area contributed by atoms with E-state index in [1.54, 1.807) is 6.08 Å². The van der Waals surface area contributed by atoms with E-state index >= 15 is 0 Å². The summed E-state index contributed by atoms with van der Waals surface area (Å²) in [6, 6.07) is 9.64. The molecule has 2 rings (SSSR count). The molecule has 0 fully saturated rings. The number of aliphatic imine (C=N–C) groups is 1. The van der Waals surface area contributed by atoms with E-state index in [4.69, 9.17) is 5.41 Å². The molecule has 1 aliphatic carbocycles. The maximum Gasteiger partial charge on any atom is 0.0712 e. The fourth-order valence-electron chi connectivity index (χ4n) is 1.86. The number of benzene rings is 1. The molecule has 0 heterocycles. The van der Waals surface area contributed by atoms with Crippen LogP contribution in [-0.2, 0) is 0 Å². The summed E-state index contributed by atoms with van der Waals surface area (Å²) in [5.41, 5.74) is 3.16. The standard InChI is InChI=1S/C16H16N2/c1-18-16(14-10-6-3-7-11-14)12-15(17)13-8-4-2-5-9-13/h2,4-6,8-12,17H,1,3,7H2/b16-12-,17-15?. The molecule has 0 aliphatic heterocycles. The van der Waals surface area contributed by atoms with Crippen LogP contribution in [0.3, 0.4) is 0 Å².